The standard InChI is InChI=1S/C13H10Cl3NO2/c1-19-13-8(6-18)2-7(5-17-13)12-10(15)3-9(14)4-11(12)16/h2-5,18H,6H2,1H3. The number of aliphatic hydroxyl groups excluding tert-OH is 1. The molecule has 0 unspecified atom stereocenters. The van der Waals surface area contributed by atoms with Crippen LogP contribution in [-0.4, -0.2) is 17.2 Å². The van der Waals surface area contributed by atoms with Crippen molar-refractivity contribution in [2.45, 2.75) is 6.61 Å². The summed E-state index contributed by atoms with van der Waals surface area (Å²) in [5.41, 5.74) is 1.87. The molecule has 0 atom stereocenters. The van der Waals surface area contributed by atoms with Crippen molar-refractivity contribution in [2.75, 3.05) is 7.11 Å². The van der Waals surface area contributed by atoms with Gasteiger partial charge < -0.3 is 9.84 Å². The number of hydrogen-bond acceptors (Lipinski definition) is 3. The number of benzene rings is 1. The van der Waals surface area contributed by atoms with Crippen LogP contribution in [0.2, 0.25) is 15.1 Å². The maximum atomic E-state index is 9.30. The second-order valence-electron chi connectivity index (χ2n) is 3.79. The van der Waals surface area contributed by atoms with E-state index in [9.17, 15) is 5.11 Å². The Morgan fingerprint density at radius 1 is 1.16 bits per heavy atom. The fraction of sp³-hybridized carbons (Fsp3) is 0.154. The lowest BCUT2D eigenvalue weighted by molar-refractivity contribution is 0.271. The zero-order valence-corrected chi connectivity index (χ0v) is 12.2. The van der Waals surface area contributed by atoms with Crippen molar-refractivity contribution in [3.8, 4) is 17.0 Å². The minimum absolute atomic E-state index is 0.188. The first-order valence-electron chi connectivity index (χ1n) is 5.35. The number of aliphatic hydroxyl groups is 1. The van der Waals surface area contributed by atoms with E-state index in [0.717, 1.165) is 0 Å². The van der Waals surface area contributed by atoms with Crippen molar-refractivity contribution in [3.05, 3.63) is 45.0 Å². The van der Waals surface area contributed by atoms with Gasteiger partial charge in [-0.1, -0.05) is 34.8 Å². The lowest BCUT2D eigenvalue weighted by atomic mass is 10.1. The molecule has 0 radical (unpaired) electrons. The number of aromatic nitrogens is 1. The summed E-state index contributed by atoms with van der Waals surface area (Å²) >= 11 is 18.2. The van der Waals surface area contributed by atoms with Crippen molar-refractivity contribution in [1.29, 1.82) is 0 Å². The van der Waals surface area contributed by atoms with Gasteiger partial charge in [0.25, 0.3) is 0 Å². The van der Waals surface area contributed by atoms with E-state index in [0.29, 0.717) is 37.6 Å². The van der Waals surface area contributed by atoms with Gasteiger partial charge >= 0.3 is 0 Å². The summed E-state index contributed by atoms with van der Waals surface area (Å²) in [6, 6.07) is 4.94. The van der Waals surface area contributed by atoms with E-state index < -0.39 is 0 Å². The van der Waals surface area contributed by atoms with Crippen LogP contribution >= 0.6 is 34.8 Å². The Bertz CT molecular complexity index is 594. The molecule has 0 fully saturated rings. The molecule has 1 N–H and O–H groups in total. The maximum Gasteiger partial charge on any atom is 0.218 e. The summed E-state index contributed by atoms with van der Waals surface area (Å²) in [5, 5.41) is 10.6. The molecule has 0 amide bonds. The number of methoxy groups -OCH3 is 1. The van der Waals surface area contributed by atoms with Gasteiger partial charge in [0.05, 0.1) is 23.8 Å². The summed E-state index contributed by atoms with van der Waals surface area (Å²) < 4.78 is 5.05. The molecule has 100 valence electrons. The Morgan fingerprint density at radius 3 is 2.32 bits per heavy atom. The number of halogens is 3. The topological polar surface area (TPSA) is 42.4 Å². The predicted octanol–water partition coefficient (Wildman–Crippen LogP) is 4.21. The van der Waals surface area contributed by atoms with Crippen molar-refractivity contribution in [3.63, 3.8) is 0 Å². The van der Waals surface area contributed by atoms with Gasteiger partial charge in [-0.3, -0.25) is 0 Å². The normalized spacial score (nSPS) is 10.6. The molecule has 19 heavy (non-hydrogen) atoms. The minimum atomic E-state index is -0.188. The maximum absolute atomic E-state index is 9.30. The van der Waals surface area contributed by atoms with Gasteiger partial charge in [-0.15, -0.1) is 0 Å². The van der Waals surface area contributed by atoms with E-state index >= 15 is 0 Å². The second-order valence-corrected chi connectivity index (χ2v) is 5.05. The number of ether oxygens (including phenoxy) is 1. The molecule has 2 rings (SSSR count). The third kappa shape index (κ3) is 2.95. The van der Waals surface area contributed by atoms with E-state index in [-0.39, 0.29) is 6.61 Å². The van der Waals surface area contributed by atoms with Gasteiger partial charge in [-0.2, -0.15) is 0 Å². The highest BCUT2D eigenvalue weighted by molar-refractivity contribution is 6.41. The van der Waals surface area contributed by atoms with Crippen LogP contribution in [0.1, 0.15) is 5.56 Å². The highest BCUT2D eigenvalue weighted by Gasteiger charge is 2.13. The van der Waals surface area contributed by atoms with E-state index in [1.165, 1.54) is 7.11 Å². The molecular weight excluding hydrogens is 309 g/mol. The summed E-state index contributed by atoms with van der Waals surface area (Å²) in [6.07, 6.45) is 1.58. The molecule has 0 aliphatic rings. The van der Waals surface area contributed by atoms with Crippen molar-refractivity contribution < 1.29 is 9.84 Å². The summed E-state index contributed by atoms with van der Waals surface area (Å²) in [6.45, 7) is -0.188. The quantitative estimate of drug-likeness (QED) is 0.922. The molecule has 0 saturated carbocycles. The number of nitrogens with zero attached hydrogens (tertiary/aromatic N) is 1. The van der Waals surface area contributed by atoms with Gasteiger partial charge in [0.1, 0.15) is 0 Å². The Labute approximate surface area is 125 Å². The molecule has 0 aliphatic carbocycles. The number of rotatable bonds is 3. The Hall–Kier alpha value is -1.00. The summed E-state index contributed by atoms with van der Waals surface area (Å²) in [4.78, 5) is 4.12. The molecule has 0 saturated heterocycles. The van der Waals surface area contributed by atoms with Crippen LogP contribution in [-0.2, 0) is 6.61 Å². The van der Waals surface area contributed by atoms with Gasteiger partial charge in [0.2, 0.25) is 5.88 Å². The highest BCUT2D eigenvalue weighted by Crippen LogP contribution is 2.37. The molecule has 2 aromatic rings. The first-order valence-corrected chi connectivity index (χ1v) is 6.49. The smallest absolute Gasteiger partial charge is 0.218 e. The first kappa shape index (κ1) is 14.4. The highest BCUT2D eigenvalue weighted by atomic mass is 35.5. The minimum Gasteiger partial charge on any atom is -0.481 e. The zero-order valence-electron chi connectivity index (χ0n) is 9.95. The summed E-state index contributed by atoms with van der Waals surface area (Å²) in [5.74, 6) is 0.368. The Kier molecular flexibility index (Phi) is 4.53. The average molecular weight is 319 g/mol. The third-order valence-corrected chi connectivity index (χ3v) is 3.40. The van der Waals surface area contributed by atoms with Crippen molar-refractivity contribution >= 4 is 34.8 Å². The van der Waals surface area contributed by atoms with Crippen LogP contribution in [0.4, 0.5) is 0 Å². The Morgan fingerprint density at radius 2 is 1.79 bits per heavy atom. The fourth-order valence-corrected chi connectivity index (χ4v) is 2.78. The van der Waals surface area contributed by atoms with Crippen LogP contribution in [0.3, 0.4) is 0 Å². The van der Waals surface area contributed by atoms with Gasteiger partial charge in [0, 0.05) is 27.9 Å². The molecule has 1 heterocycles. The first-order chi connectivity index (χ1) is 9.06. The fourth-order valence-electron chi connectivity index (χ4n) is 1.75. The molecule has 3 nitrogen and oxygen atoms in total. The second kappa shape index (κ2) is 5.97. The van der Waals surface area contributed by atoms with Crippen LogP contribution in [0.25, 0.3) is 11.1 Å². The molecule has 0 bridgehead atoms. The summed E-state index contributed by atoms with van der Waals surface area (Å²) in [7, 11) is 1.49. The third-order valence-electron chi connectivity index (χ3n) is 2.58. The average Bonchev–Trinajstić information content (AvgIpc) is 2.37. The van der Waals surface area contributed by atoms with Gasteiger partial charge in [-0.05, 0) is 18.2 Å². The number of pyridine rings is 1. The Balaban J connectivity index is 2.59. The number of hydrogen-bond donors (Lipinski definition) is 1. The van der Waals surface area contributed by atoms with E-state index in [2.05, 4.69) is 4.98 Å². The molecule has 0 aliphatic heterocycles. The van der Waals surface area contributed by atoms with Crippen LogP contribution in [0.5, 0.6) is 5.88 Å². The molecule has 1 aromatic carbocycles. The SMILES string of the molecule is COc1ncc(-c2c(Cl)cc(Cl)cc2Cl)cc1CO. The lowest BCUT2D eigenvalue weighted by Gasteiger charge is -2.11. The van der Waals surface area contributed by atoms with Crippen LogP contribution in [0, 0.1) is 0 Å². The zero-order chi connectivity index (χ0) is 14.0. The van der Waals surface area contributed by atoms with Crippen molar-refractivity contribution in [1.82, 2.24) is 4.98 Å². The van der Waals surface area contributed by atoms with E-state index in [4.69, 9.17) is 39.5 Å². The van der Waals surface area contributed by atoms with Crippen LogP contribution in [0.15, 0.2) is 24.4 Å². The van der Waals surface area contributed by atoms with Gasteiger partial charge in [-0.25, -0.2) is 4.98 Å². The molecule has 6 heteroatoms. The lowest BCUT2D eigenvalue weighted by Crippen LogP contribution is -1.96. The molecular formula is C13H10Cl3NO2. The predicted molar refractivity (Wildman–Crippen MR) is 77.2 cm³/mol. The van der Waals surface area contributed by atoms with E-state index in [1.807, 2.05) is 0 Å². The molecule has 1 aromatic heterocycles. The van der Waals surface area contributed by atoms with Gasteiger partial charge in [0.15, 0.2) is 0 Å². The van der Waals surface area contributed by atoms with Crippen LogP contribution < -0.4 is 4.74 Å². The van der Waals surface area contributed by atoms with Crippen molar-refractivity contribution in [2.24, 2.45) is 0 Å². The molecule has 0 spiro atoms. The largest absolute Gasteiger partial charge is 0.481 e. The van der Waals surface area contributed by atoms with E-state index in [1.54, 1.807) is 24.4 Å². The monoisotopic (exact) mass is 317 g/mol.